The van der Waals surface area contributed by atoms with Crippen LogP contribution < -0.4 is 5.73 Å². The maximum Gasteiger partial charge on any atom is 0.124 e. The summed E-state index contributed by atoms with van der Waals surface area (Å²) < 4.78 is 12.9. The summed E-state index contributed by atoms with van der Waals surface area (Å²) in [6, 6.07) is 12.3. The molecule has 0 aliphatic rings. The van der Waals surface area contributed by atoms with Crippen molar-refractivity contribution in [1.82, 2.24) is 0 Å². The molecule has 0 heterocycles. The molecule has 0 saturated heterocycles. The van der Waals surface area contributed by atoms with Gasteiger partial charge in [-0.3, -0.25) is 0 Å². The molecule has 2 aromatic rings. The van der Waals surface area contributed by atoms with Crippen molar-refractivity contribution in [3.63, 3.8) is 0 Å². The van der Waals surface area contributed by atoms with Crippen LogP contribution in [-0.2, 0) is 6.42 Å². The molecule has 2 aromatic carbocycles. The zero-order chi connectivity index (χ0) is 13.1. The number of benzene rings is 2. The fourth-order valence-corrected chi connectivity index (χ4v) is 2.19. The van der Waals surface area contributed by atoms with E-state index in [1.807, 2.05) is 25.1 Å². The lowest BCUT2D eigenvalue weighted by Gasteiger charge is -2.14. The Morgan fingerprint density at radius 3 is 2.67 bits per heavy atom. The average molecular weight is 264 g/mol. The Kier molecular flexibility index (Phi) is 4.00. The van der Waals surface area contributed by atoms with Gasteiger partial charge in [0.1, 0.15) is 5.82 Å². The predicted octanol–water partition coefficient (Wildman–Crippen LogP) is 4.03. The summed E-state index contributed by atoms with van der Waals surface area (Å²) in [4.78, 5) is 0. The van der Waals surface area contributed by atoms with E-state index in [1.165, 1.54) is 17.7 Å². The standard InChI is InChI=1S/C15H15ClFN/c1-10-3-2-4-12(7-10)15(18)8-11-5-6-13(17)9-14(11)16/h2-7,9,15H,8,18H2,1H3. The molecule has 0 aliphatic heterocycles. The quantitative estimate of drug-likeness (QED) is 0.889. The van der Waals surface area contributed by atoms with E-state index < -0.39 is 0 Å². The molecule has 0 saturated carbocycles. The third-order valence-electron chi connectivity index (χ3n) is 2.93. The van der Waals surface area contributed by atoms with Gasteiger partial charge >= 0.3 is 0 Å². The van der Waals surface area contributed by atoms with Crippen molar-refractivity contribution in [2.45, 2.75) is 19.4 Å². The third kappa shape index (κ3) is 3.09. The van der Waals surface area contributed by atoms with Gasteiger partial charge in [0, 0.05) is 11.1 Å². The molecule has 0 amide bonds. The molecule has 94 valence electrons. The van der Waals surface area contributed by atoms with E-state index in [2.05, 4.69) is 6.07 Å². The predicted molar refractivity (Wildman–Crippen MR) is 73.2 cm³/mol. The van der Waals surface area contributed by atoms with Gasteiger partial charge in [-0.25, -0.2) is 4.39 Å². The molecule has 0 aliphatic carbocycles. The minimum atomic E-state index is -0.326. The topological polar surface area (TPSA) is 26.0 Å². The van der Waals surface area contributed by atoms with Crippen molar-refractivity contribution in [2.75, 3.05) is 0 Å². The summed E-state index contributed by atoms with van der Waals surface area (Å²) in [6.07, 6.45) is 0.600. The summed E-state index contributed by atoms with van der Waals surface area (Å²) in [7, 11) is 0. The van der Waals surface area contributed by atoms with E-state index in [-0.39, 0.29) is 11.9 Å². The van der Waals surface area contributed by atoms with Gasteiger partial charge in [0.15, 0.2) is 0 Å². The minimum Gasteiger partial charge on any atom is -0.324 e. The zero-order valence-corrected chi connectivity index (χ0v) is 10.9. The highest BCUT2D eigenvalue weighted by molar-refractivity contribution is 6.31. The van der Waals surface area contributed by atoms with E-state index in [4.69, 9.17) is 17.3 Å². The molecule has 1 nitrogen and oxygen atoms in total. The number of hydrogen-bond acceptors (Lipinski definition) is 1. The van der Waals surface area contributed by atoms with Gasteiger partial charge in [-0.1, -0.05) is 47.5 Å². The van der Waals surface area contributed by atoms with Crippen molar-refractivity contribution in [3.05, 3.63) is 70.0 Å². The number of rotatable bonds is 3. The lowest BCUT2D eigenvalue weighted by molar-refractivity contribution is 0.625. The van der Waals surface area contributed by atoms with Gasteiger partial charge in [0.2, 0.25) is 0 Å². The molecule has 0 radical (unpaired) electrons. The molecule has 0 fully saturated rings. The Hall–Kier alpha value is -1.38. The van der Waals surface area contributed by atoms with Gasteiger partial charge < -0.3 is 5.73 Å². The molecule has 3 heteroatoms. The van der Waals surface area contributed by atoms with Crippen molar-refractivity contribution >= 4 is 11.6 Å². The molecule has 1 atom stereocenters. The fraction of sp³-hybridized carbons (Fsp3) is 0.200. The lowest BCUT2D eigenvalue weighted by Crippen LogP contribution is -2.13. The molecule has 2 rings (SSSR count). The molecule has 0 spiro atoms. The Balaban J connectivity index is 2.18. The van der Waals surface area contributed by atoms with Gasteiger partial charge in [0.25, 0.3) is 0 Å². The SMILES string of the molecule is Cc1cccc(C(N)Cc2ccc(F)cc2Cl)c1. The first-order valence-electron chi connectivity index (χ1n) is 5.82. The van der Waals surface area contributed by atoms with Gasteiger partial charge in [-0.15, -0.1) is 0 Å². The Labute approximate surface area is 111 Å². The van der Waals surface area contributed by atoms with Crippen LogP contribution in [0.4, 0.5) is 4.39 Å². The summed E-state index contributed by atoms with van der Waals surface area (Å²) in [5, 5.41) is 0.429. The molecule has 1 unspecified atom stereocenters. The van der Waals surface area contributed by atoms with Crippen LogP contribution in [0.15, 0.2) is 42.5 Å². The van der Waals surface area contributed by atoms with Gasteiger partial charge in [0.05, 0.1) is 0 Å². The van der Waals surface area contributed by atoms with Crippen LogP contribution in [0.3, 0.4) is 0 Å². The minimum absolute atomic E-state index is 0.132. The molecule has 0 aromatic heterocycles. The molecule has 18 heavy (non-hydrogen) atoms. The number of hydrogen-bond donors (Lipinski definition) is 1. The van der Waals surface area contributed by atoms with Gasteiger partial charge in [-0.2, -0.15) is 0 Å². The fourth-order valence-electron chi connectivity index (χ4n) is 1.94. The Morgan fingerprint density at radius 2 is 2.00 bits per heavy atom. The second-order valence-electron chi connectivity index (χ2n) is 4.46. The van der Waals surface area contributed by atoms with Crippen LogP contribution in [0.5, 0.6) is 0 Å². The van der Waals surface area contributed by atoms with Crippen molar-refractivity contribution in [1.29, 1.82) is 0 Å². The maximum absolute atomic E-state index is 12.9. The van der Waals surface area contributed by atoms with E-state index in [9.17, 15) is 4.39 Å². The van der Waals surface area contributed by atoms with Crippen LogP contribution in [0.25, 0.3) is 0 Å². The summed E-state index contributed by atoms with van der Waals surface area (Å²) in [5.41, 5.74) is 9.26. The first kappa shape index (κ1) is 13.1. The monoisotopic (exact) mass is 263 g/mol. The highest BCUT2D eigenvalue weighted by Gasteiger charge is 2.10. The number of halogens is 2. The van der Waals surface area contributed by atoms with Crippen LogP contribution in [0.2, 0.25) is 5.02 Å². The van der Waals surface area contributed by atoms with E-state index in [1.54, 1.807) is 6.07 Å². The lowest BCUT2D eigenvalue weighted by atomic mass is 9.98. The van der Waals surface area contributed by atoms with Crippen molar-refractivity contribution in [2.24, 2.45) is 5.73 Å². The highest BCUT2D eigenvalue weighted by atomic mass is 35.5. The third-order valence-corrected chi connectivity index (χ3v) is 3.28. The molecule has 2 N–H and O–H groups in total. The number of nitrogens with two attached hydrogens (primary N) is 1. The van der Waals surface area contributed by atoms with Crippen LogP contribution in [-0.4, -0.2) is 0 Å². The Morgan fingerprint density at radius 1 is 1.22 bits per heavy atom. The zero-order valence-electron chi connectivity index (χ0n) is 10.2. The van der Waals surface area contributed by atoms with Crippen LogP contribution >= 0.6 is 11.6 Å². The highest BCUT2D eigenvalue weighted by Crippen LogP contribution is 2.23. The van der Waals surface area contributed by atoms with Crippen LogP contribution in [0, 0.1) is 12.7 Å². The average Bonchev–Trinajstić information content (AvgIpc) is 2.32. The molecule has 0 bridgehead atoms. The van der Waals surface area contributed by atoms with Crippen LogP contribution in [0.1, 0.15) is 22.7 Å². The van der Waals surface area contributed by atoms with E-state index >= 15 is 0 Å². The van der Waals surface area contributed by atoms with Gasteiger partial charge in [-0.05, 0) is 36.6 Å². The number of aryl methyl sites for hydroxylation is 1. The van der Waals surface area contributed by atoms with Crippen molar-refractivity contribution in [3.8, 4) is 0 Å². The smallest absolute Gasteiger partial charge is 0.124 e. The second-order valence-corrected chi connectivity index (χ2v) is 4.87. The van der Waals surface area contributed by atoms with E-state index in [0.717, 1.165) is 11.1 Å². The molecular formula is C15H15ClFN. The Bertz CT molecular complexity index is 554. The summed E-state index contributed by atoms with van der Waals surface area (Å²) in [6.45, 7) is 2.03. The largest absolute Gasteiger partial charge is 0.324 e. The summed E-state index contributed by atoms with van der Waals surface area (Å²) >= 11 is 6.00. The van der Waals surface area contributed by atoms with Crippen molar-refractivity contribution < 1.29 is 4.39 Å². The summed E-state index contributed by atoms with van der Waals surface area (Å²) in [5.74, 6) is -0.326. The normalized spacial score (nSPS) is 12.4. The maximum atomic E-state index is 12.9. The first-order valence-corrected chi connectivity index (χ1v) is 6.20. The second kappa shape index (κ2) is 5.51. The molecular weight excluding hydrogens is 249 g/mol. The first-order chi connectivity index (χ1) is 8.56. The van der Waals surface area contributed by atoms with E-state index in [0.29, 0.717) is 11.4 Å².